The van der Waals surface area contributed by atoms with Crippen molar-refractivity contribution >= 4 is 0 Å². The fourth-order valence-corrected chi connectivity index (χ4v) is 1.31. The summed E-state index contributed by atoms with van der Waals surface area (Å²) in [5, 5.41) is 3.18. The summed E-state index contributed by atoms with van der Waals surface area (Å²) in [6.07, 6.45) is 0.837. The van der Waals surface area contributed by atoms with Gasteiger partial charge in [-0.3, -0.25) is 0 Å². The lowest BCUT2D eigenvalue weighted by Gasteiger charge is -2.07. The van der Waals surface area contributed by atoms with E-state index in [1.807, 2.05) is 0 Å². The van der Waals surface area contributed by atoms with Crippen LogP contribution in [0.2, 0.25) is 0 Å². The Labute approximate surface area is 102 Å². The molecule has 0 saturated heterocycles. The standard InChI is InChI=1S/C13H20FNO2/c1-2-15-8-11-16-9-3-10-17-13-6-4-12(14)5-7-13/h4-7,15H,2-3,8-11H2,1H3. The Balaban J connectivity index is 1.95. The zero-order valence-electron chi connectivity index (χ0n) is 10.2. The fraction of sp³-hybridized carbons (Fsp3) is 0.538. The second-order valence-corrected chi connectivity index (χ2v) is 3.62. The van der Waals surface area contributed by atoms with E-state index >= 15 is 0 Å². The topological polar surface area (TPSA) is 30.5 Å². The zero-order valence-corrected chi connectivity index (χ0v) is 10.2. The monoisotopic (exact) mass is 241 g/mol. The third-order valence-electron chi connectivity index (χ3n) is 2.19. The summed E-state index contributed by atoms with van der Waals surface area (Å²) in [6, 6.07) is 6.03. The number of hydrogen-bond acceptors (Lipinski definition) is 3. The lowest BCUT2D eigenvalue weighted by molar-refractivity contribution is 0.121. The van der Waals surface area contributed by atoms with E-state index < -0.39 is 0 Å². The third-order valence-corrected chi connectivity index (χ3v) is 2.19. The maximum Gasteiger partial charge on any atom is 0.123 e. The highest BCUT2D eigenvalue weighted by Crippen LogP contribution is 2.10. The summed E-state index contributed by atoms with van der Waals surface area (Å²) < 4.78 is 23.4. The number of benzene rings is 1. The smallest absolute Gasteiger partial charge is 0.123 e. The van der Waals surface area contributed by atoms with Crippen LogP contribution in [0.25, 0.3) is 0 Å². The average molecular weight is 241 g/mol. The van der Waals surface area contributed by atoms with Gasteiger partial charge in [0.1, 0.15) is 11.6 Å². The average Bonchev–Trinajstić information content (AvgIpc) is 2.35. The van der Waals surface area contributed by atoms with Gasteiger partial charge < -0.3 is 14.8 Å². The van der Waals surface area contributed by atoms with Gasteiger partial charge in [0.25, 0.3) is 0 Å². The third kappa shape index (κ3) is 6.92. The van der Waals surface area contributed by atoms with E-state index in [4.69, 9.17) is 9.47 Å². The van der Waals surface area contributed by atoms with E-state index in [1.54, 1.807) is 12.1 Å². The summed E-state index contributed by atoms with van der Waals surface area (Å²) in [4.78, 5) is 0. The van der Waals surface area contributed by atoms with E-state index in [1.165, 1.54) is 12.1 Å². The molecule has 0 radical (unpaired) electrons. The molecule has 0 fully saturated rings. The molecule has 1 aromatic rings. The van der Waals surface area contributed by atoms with Crippen molar-refractivity contribution in [1.29, 1.82) is 0 Å². The van der Waals surface area contributed by atoms with Gasteiger partial charge in [-0.05, 0) is 30.8 Å². The van der Waals surface area contributed by atoms with E-state index in [2.05, 4.69) is 12.2 Å². The van der Waals surface area contributed by atoms with Crippen LogP contribution in [0.5, 0.6) is 5.75 Å². The molecule has 0 amide bonds. The highest BCUT2D eigenvalue weighted by molar-refractivity contribution is 5.21. The quantitative estimate of drug-likeness (QED) is 0.672. The lowest BCUT2D eigenvalue weighted by Crippen LogP contribution is -2.19. The molecule has 1 N–H and O–H groups in total. The molecule has 0 heterocycles. The van der Waals surface area contributed by atoms with Crippen LogP contribution in [0.15, 0.2) is 24.3 Å². The molecule has 0 saturated carbocycles. The Kier molecular flexibility index (Phi) is 7.34. The van der Waals surface area contributed by atoms with Crippen LogP contribution in [0, 0.1) is 5.82 Å². The van der Waals surface area contributed by atoms with Crippen LogP contribution in [-0.4, -0.2) is 32.9 Å². The molecule has 0 atom stereocenters. The van der Waals surface area contributed by atoms with Gasteiger partial charge in [-0.2, -0.15) is 0 Å². The molecule has 96 valence electrons. The number of halogens is 1. The Morgan fingerprint density at radius 1 is 1.12 bits per heavy atom. The van der Waals surface area contributed by atoms with Crippen LogP contribution in [0.3, 0.4) is 0 Å². The van der Waals surface area contributed by atoms with Gasteiger partial charge in [-0.15, -0.1) is 0 Å². The molecule has 0 bridgehead atoms. The first-order valence-corrected chi connectivity index (χ1v) is 5.99. The second-order valence-electron chi connectivity index (χ2n) is 3.62. The summed E-state index contributed by atoms with van der Waals surface area (Å²) >= 11 is 0. The zero-order chi connectivity index (χ0) is 12.3. The van der Waals surface area contributed by atoms with Crippen molar-refractivity contribution in [3.05, 3.63) is 30.1 Å². The predicted molar refractivity (Wildman–Crippen MR) is 65.9 cm³/mol. The van der Waals surface area contributed by atoms with Gasteiger partial charge in [-0.25, -0.2) is 4.39 Å². The number of nitrogens with one attached hydrogen (secondary N) is 1. The van der Waals surface area contributed by atoms with E-state index in [0.717, 1.165) is 26.1 Å². The number of ether oxygens (including phenoxy) is 2. The van der Waals surface area contributed by atoms with Crippen LogP contribution in [-0.2, 0) is 4.74 Å². The number of rotatable bonds is 9. The second kappa shape index (κ2) is 8.96. The van der Waals surface area contributed by atoms with Crippen molar-refractivity contribution in [2.45, 2.75) is 13.3 Å². The minimum absolute atomic E-state index is 0.246. The molecular weight excluding hydrogens is 221 g/mol. The van der Waals surface area contributed by atoms with Gasteiger partial charge >= 0.3 is 0 Å². The van der Waals surface area contributed by atoms with Crippen LogP contribution >= 0.6 is 0 Å². The Hall–Kier alpha value is -1.13. The molecule has 0 aliphatic heterocycles. The van der Waals surface area contributed by atoms with Crippen molar-refractivity contribution in [3.8, 4) is 5.75 Å². The highest BCUT2D eigenvalue weighted by atomic mass is 19.1. The van der Waals surface area contributed by atoms with Crippen molar-refractivity contribution in [3.63, 3.8) is 0 Å². The van der Waals surface area contributed by atoms with Gasteiger partial charge in [-0.1, -0.05) is 6.92 Å². The molecule has 0 aliphatic carbocycles. The summed E-state index contributed by atoms with van der Waals surface area (Å²) in [5.41, 5.74) is 0. The minimum Gasteiger partial charge on any atom is -0.494 e. The van der Waals surface area contributed by atoms with Gasteiger partial charge in [0.05, 0.1) is 13.2 Å². The molecule has 4 heteroatoms. The van der Waals surface area contributed by atoms with Crippen LogP contribution < -0.4 is 10.1 Å². The molecule has 3 nitrogen and oxygen atoms in total. The summed E-state index contributed by atoms with van der Waals surface area (Å²) in [7, 11) is 0. The Morgan fingerprint density at radius 3 is 2.59 bits per heavy atom. The Bertz CT molecular complexity index is 290. The summed E-state index contributed by atoms with van der Waals surface area (Å²) in [5.74, 6) is 0.447. The molecule has 1 rings (SSSR count). The van der Waals surface area contributed by atoms with Crippen molar-refractivity contribution in [1.82, 2.24) is 5.32 Å². The lowest BCUT2D eigenvalue weighted by atomic mass is 10.3. The first-order chi connectivity index (χ1) is 8.33. The molecule has 0 aromatic heterocycles. The van der Waals surface area contributed by atoms with E-state index in [-0.39, 0.29) is 5.82 Å². The first-order valence-electron chi connectivity index (χ1n) is 5.99. The van der Waals surface area contributed by atoms with Crippen molar-refractivity contribution in [2.75, 3.05) is 32.9 Å². The number of likely N-dealkylation sites (N-methyl/N-ethyl adjacent to an activating group) is 1. The molecular formula is C13H20FNO2. The van der Waals surface area contributed by atoms with Gasteiger partial charge in [0.2, 0.25) is 0 Å². The maximum atomic E-state index is 12.6. The van der Waals surface area contributed by atoms with Crippen LogP contribution in [0.1, 0.15) is 13.3 Å². The minimum atomic E-state index is -0.246. The predicted octanol–water partition coefficient (Wildman–Crippen LogP) is 2.22. The molecule has 1 aromatic carbocycles. The van der Waals surface area contributed by atoms with Crippen molar-refractivity contribution < 1.29 is 13.9 Å². The molecule has 0 unspecified atom stereocenters. The van der Waals surface area contributed by atoms with Gasteiger partial charge in [0, 0.05) is 19.6 Å². The summed E-state index contributed by atoms with van der Waals surface area (Å²) in [6.45, 7) is 5.92. The van der Waals surface area contributed by atoms with Crippen molar-refractivity contribution in [2.24, 2.45) is 0 Å². The van der Waals surface area contributed by atoms with E-state index in [9.17, 15) is 4.39 Å². The molecule has 0 aliphatic rings. The highest BCUT2D eigenvalue weighted by Gasteiger charge is 1.94. The fourth-order valence-electron chi connectivity index (χ4n) is 1.31. The molecule has 17 heavy (non-hydrogen) atoms. The molecule has 0 spiro atoms. The maximum absolute atomic E-state index is 12.6. The number of hydrogen-bond donors (Lipinski definition) is 1. The first kappa shape index (κ1) is 13.9. The normalized spacial score (nSPS) is 10.5. The van der Waals surface area contributed by atoms with Gasteiger partial charge in [0.15, 0.2) is 0 Å². The van der Waals surface area contributed by atoms with E-state index in [0.29, 0.717) is 19.0 Å². The largest absolute Gasteiger partial charge is 0.494 e. The Morgan fingerprint density at radius 2 is 1.88 bits per heavy atom. The van der Waals surface area contributed by atoms with Crippen LogP contribution in [0.4, 0.5) is 4.39 Å². The SMILES string of the molecule is CCNCCOCCCOc1ccc(F)cc1.